The maximum Gasteiger partial charge on any atom is 0.307 e. The van der Waals surface area contributed by atoms with Crippen LogP contribution in [0.3, 0.4) is 0 Å². The Morgan fingerprint density at radius 3 is 2.17 bits per heavy atom. The van der Waals surface area contributed by atoms with Crippen LogP contribution >= 0.6 is 0 Å². The number of rotatable bonds is 4. The number of aliphatic carboxylic acids is 1. The molecule has 128 valence electrons. The van der Waals surface area contributed by atoms with Crippen LogP contribution in [-0.4, -0.2) is 58.9 Å². The molecule has 0 spiro atoms. The lowest BCUT2D eigenvalue weighted by Crippen LogP contribution is -2.38. The van der Waals surface area contributed by atoms with Crippen molar-refractivity contribution >= 4 is 17.8 Å². The number of carboxylic acids is 1. The van der Waals surface area contributed by atoms with Crippen molar-refractivity contribution in [1.82, 2.24) is 9.80 Å². The first kappa shape index (κ1) is 16.3. The van der Waals surface area contributed by atoms with Crippen molar-refractivity contribution in [3.8, 4) is 0 Å². The molecule has 2 unspecified atom stereocenters. The van der Waals surface area contributed by atoms with Crippen molar-refractivity contribution in [3.63, 3.8) is 0 Å². The molecule has 3 rings (SSSR count). The van der Waals surface area contributed by atoms with Gasteiger partial charge in [0.15, 0.2) is 0 Å². The lowest BCUT2D eigenvalue weighted by molar-refractivity contribution is -0.142. The zero-order chi connectivity index (χ0) is 16.4. The van der Waals surface area contributed by atoms with E-state index < -0.39 is 11.9 Å². The van der Waals surface area contributed by atoms with Gasteiger partial charge in [-0.15, -0.1) is 0 Å². The van der Waals surface area contributed by atoms with Crippen LogP contribution in [-0.2, 0) is 14.4 Å². The highest BCUT2D eigenvalue weighted by Gasteiger charge is 2.49. The van der Waals surface area contributed by atoms with Gasteiger partial charge < -0.3 is 14.9 Å². The molecule has 2 atom stereocenters. The number of carbonyl (C=O) groups excluding carboxylic acids is 2. The van der Waals surface area contributed by atoms with Crippen molar-refractivity contribution in [1.29, 1.82) is 0 Å². The third kappa shape index (κ3) is 3.85. The predicted octanol–water partition coefficient (Wildman–Crippen LogP) is 1.35. The van der Waals surface area contributed by atoms with Crippen molar-refractivity contribution in [2.75, 3.05) is 26.2 Å². The number of nitrogens with zero attached hydrogens (tertiary/aromatic N) is 2. The molecular formula is C17H26N2O4. The summed E-state index contributed by atoms with van der Waals surface area (Å²) in [6, 6.07) is 0. The first-order valence-electron chi connectivity index (χ1n) is 8.85. The average molecular weight is 322 g/mol. The molecule has 6 nitrogen and oxygen atoms in total. The minimum absolute atomic E-state index is 0.0394. The van der Waals surface area contributed by atoms with Crippen molar-refractivity contribution < 1.29 is 19.5 Å². The zero-order valence-corrected chi connectivity index (χ0v) is 13.6. The molecule has 0 aromatic carbocycles. The number of carboxylic acid groups (broad SMARTS) is 1. The van der Waals surface area contributed by atoms with E-state index in [1.807, 2.05) is 4.90 Å². The van der Waals surface area contributed by atoms with Crippen molar-refractivity contribution in [3.05, 3.63) is 0 Å². The smallest absolute Gasteiger partial charge is 0.307 e. The third-order valence-electron chi connectivity index (χ3n) is 5.52. The first-order chi connectivity index (χ1) is 11.1. The Hall–Kier alpha value is -1.59. The molecule has 0 radical (unpaired) electrons. The molecule has 23 heavy (non-hydrogen) atoms. The SMILES string of the molecule is O=C(O)C1CC1C(=O)N1CCCN(C(=O)CC2CCCC2)CC1. The lowest BCUT2D eigenvalue weighted by atomic mass is 10.0. The van der Waals surface area contributed by atoms with Gasteiger partial charge in [-0.3, -0.25) is 14.4 Å². The highest BCUT2D eigenvalue weighted by molar-refractivity contribution is 5.89. The number of hydrogen-bond donors (Lipinski definition) is 1. The summed E-state index contributed by atoms with van der Waals surface area (Å²) >= 11 is 0. The largest absolute Gasteiger partial charge is 0.481 e. The Bertz CT molecular complexity index is 487. The fourth-order valence-corrected chi connectivity index (χ4v) is 3.95. The Labute approximate surface area is 136 Å². The molecular weight excluding hydrogens is 296 g/mol. The lowest BCUT2D eigenvalue weighted by Gasteiger charge is -2.23. The second kappa shape index (κ2) is 6.89. The molecule has 6 heteroatoms. The molecule has 2 amide bonds. The summed E-state index contributed by atoms with van der Waals surface area (Å²) in [6.07, 6.45) is 6.73. The summed E-state index contributed by atoms with van der Waals surface area (Å²) in [4.78, 5) is 39.3. The summed E-state index contributed by atoms with van der Waals surface area (Å²) in [5.74, 6) is -0.972. The Kier molecular flexibility index (Phi) is 4.87. The molecule has 1 saturated heterocycles. The second-order valence-electron chi connectivity index (χ2n) is 7.20. The van der Waals surface area contributed by atoms with Gasteiger partial charge in [0.1, 0.15) is 0 Å². The maximum absolute atomic E-state index is 12.4. The first-order valence-corrected chi connectivity index (χ1v) is 8.85. The van der Waals surface area contributed by atoms with Crippen LogP contribution in [0.5, 0.6) is 0 Å². The van der Waals surface area contributed by atoms with Gasteiger partial charge in [0.25, 0.3) is 0 Å². The Morgan fingerprint density at radius 2 is 1.52 bits per heavy atom. The normalized spacial score (nSPS) is 28.5. The van der Waals surface area contributed by atoms with E-state index >= 15 is 0 Å². The second-order valence-corrected chi connectivity index (χ2v) is 7.20. The summed E-state index contributed by atoms with van der Waals surface area (Å²) in [5.41, 5.74) is 0. The van der Waals surface area contributed by atoms with Gasteiger partial charge >= 0.3 is 5.97 Å². The number of amides is 2. The van der Waals surface area contributed by atoms with E-state index in [1.165, 1.54) is 25.7 Å². The highest BCUT2D eigenvalue weighted by atomic mass is 16.4. The fraction of sp³-hybridized carbons (Fsp3) is 0.824. The van der Waals surface area contributed by atoms with Crippen LogP contribution in [0.2, 0.25) is 0 Å². The van der Waals surface area contributed by atoms with Gasteiger partial charge in [-0.05, 0) is 31.6 Å². The maximum atomic E-state index is 12.4. The molecule has 0 bridgehead atoms. The van der Waals surface area contributed by atoms with E-state index in [2.05, 4.69) is 0 Å². The van der Waals surface area contributed by atoms with Crippen LogP contribution in [0.4, 0.5) is 0 Å². The Balaban J connectivity index is 1.48. The van der Waals surface area contributed by atoms with E-state index in [0.29, 0.717) is 44.9 Å². The third-order valence-corrected chi connectivity index (χ3v) is 5.52. The molecule has 3 aliphatic rings. The molecule has 1 heterocycles. The minimum Gasteiger partial charge on any atom is -0.481 e. The summed E-state index contributed by atoms with van der Waals surface area (Å²) in [6.45, 7) is 2.47. The fourth-order valence-electron chi connectivity index (χ4n) is 3.95. The van der Waals surface area contributed by atoms with E-state index in [9.17, 15) is 14.4 Å². The summed E-state index contributed by atoms with van der Waals surface area (Å²) in [7, 11) is 0. The number of carbonyl (C=O) groups is 3. The van der Waals surface area contributed by atoms with E-state index in [4.69, 9.17) is 5.11 Å². The van der Waals surface area contributed by atoms with E-state index in [0.717, 1.165) is 6.42 Å². The van der Waals surface area contributed by atoms with Crippen LogP contribution < -0.4 is 0 Å². The molecule has 0 aromatic rings. The van der Waals surface area contributed by atoms with Gasteiger partial charge in [0.2, 0.25) is 11.8 Å². The molecule has 2 saturated carbocycles. The number of hydrogen-bond acceptors (Lipinski definition) is 3. The predicted molar refractivity (Wildman–Crippen MR) is 83.6 cm³/mol. The van der Waals surface area contributed by atoms with Crippen LogP contribution in [0.1, 0.15) is 44.9 Å². The highest BCUT2D eigenvalue weighted by Crippen LogP contribution is 2.40. The van der Waals surface area contributed by atoms with Crippen molar-refractivity contribution in [2.24, 2.45) is 17.8 Å². The van der Waals surface area contributed by atoms with Crippen molar-refractivity contribution in [2.45, 2.75) is 44.9 Å². The van der Waals surface area contributed by atoms with Gasteiger partial charge in [-0.25, -0.2) is 0 Å². The van der Waals surface area contributed by atoms with Gasteiger partial charge in [0.05, 0.1) is 11.8 Å². The zero-order valence-electron chi connectivity index (χ0n) is 13.6. The molecule has 1 N–H and O–H groups in total. The quantitative estimate of drug-likeness (QED) is 0.847. The topological polar surface area (TPSA) is 77.9 Å². The summed E-state index contributed by atoms with van der Waals surface area (Å²) < 4.78 is 0. The van der Waals surface area contributed by atoms with Crippen LogP contribution in [0.25, 0.3) is 0 Å². The Morgan fingerprint density at radius 1 is 0.870 bits per heavy atom. The molecule has 0 aromatic heterocycles. The van der Waals surface area contributed by atoms with E-state index in [-0.39, 0.29) is 17.7 Å². The standard InChI is InChI=1S/C17H26N2O4/c20-15(10-12-4-1-2-5-12)18-6-3-7-19(9-8-18)16(21)13-11-14(13)17(22)23/h12-14H,1-11H2,(H,22,23). The molecule has 3 fully saturated rings. The van der Waals surface area contributed by atoms with Gasteiger partial charge in [0, 0.05) is 32.6 Å². The summed E-state index contributed by atoms with van der Waals surface area (Å²) in [5, 5.41) is 8.95. The van der Waals surface area contributed by atoms with Gasteiger partial charge in [-0.2, -0.15) is 0 Å². The molecule has 1 aliphatic heterocycles. The average Bonchev–Trinajstić information content (AvgIpc) is 3.24. The van der Waals surface area contributed by atoms with Crippen LogP contribution in [0.15, 0.2) is 0 Å². The minimum atomic E-state index is -0.869. The van der Waals surface area contributed by atoms with Crippen LogP contribution in [0, 0.1) is 17.8 Å². The molecule has 2 aliphatic carbocycles. The van der Waals surface area contributed by atoms with E-state index in [1.54, 1.807) is 4.90 Å². The monoisotopic (exact) mass is 322 g/mol. The van der Waals surface area contributed by atoms with Gasteiger partial charge in [-0.1, -0.05) is 12.8 Å².